The molecule has 4 nitrogen and oxygen atoms in total. The van der Waals surface area contributed by atoms with Crippen molar-refractivity contribution < 1.29 is 4.74 Å². The van der Waals surface area contributed by atoms with E-state index >= 15 is 0 Å². The maximum atomic E-state index is 5.63. The molecule has 2 aromatic heterocycles. The number of nitrogens with zero attached hydrogens (tertiary/aromatic N) is 3. The molecular formula is C10H8ClN3O. The Hall–Kier alpha value is -1.68. The molecule has 0 amide bonds. The molecular weight excluding hydrogens is 214 g/mol. The van der Waals surface area contributed by atoms with Crippen LogP contribution in [0.5, 0.6) is 11.6 Å². The van der Waals surface area contributed by atoms with Crippen molar-refractivity contribution in [2.45, 2.75) is 6.92 Å². The number of rotatable bonds is 2. The van der Waals surface area contributed by atoms with Gasteiger partial charge in [0.05, 0.1) is 5.69 Å². The van der Waals surface area contributed by atoms with E-state index in [9.17, 15) is 0 Å². The highest BCUT2D eigenvalue weighted by Crippen LogP contribution is 2.21. The third-order valence-corrected chi connectivity index (χ3v) is 1.96. The summed E-state index contributed by atoms with van der Waals surface area (Å²) in [4.78, 5) is 11.8. The van der Waals surface area contributed by atoms with Gasteiger partial charge in [-0.3, -0.25) is 4.98 Å². The molecule has 15 heavy (non-hydrogen) atoms. The van der Waals surface area contributed by atoms with Crippen LogP contribution in [-0.4, -0.2) is 15.0 Å². The lowest BCUT2D eigenvalue weighted by Gasteiger charge is -2.05. The zero-order valence-electron chi connectivity index (χ0n) is 8.01. The summed E-state index contributed by atoms with van der Waals surface area (Å²) in [6.07, 6.45) is 3.24. The molecule has 0 aliphatic heterocycles. The average Bonchev–Trinajstić information content (AvgIpc) is 2.22. The van der Waals surface area contributed by atoms with Crippen molar-refractivity contribution in [2.24, 2.45) is 0 Å². The molecule has 0 spiro atoms. The van der Waals surface area contributed by atoms with Crippen molar-refractivity contribution >= 4 is 11.6 Å². The Morgan fingerprint density at radius 3 is 2.80 bits per heavy atom. The Morgan fingerprint density at radius 1 is 1.20 bits per heavy atom. The van der Waals surface area contributed by atoms with E-state index in [0.29, 0.717) is 11.6 Å². The normalized spacial score (nSPS) is 10.0. The summed E-state index contributed by atoms with van der Waals surface area (Å²) in [5, 5.41) is 0.161. The predicted octanol–water partition coefficient (Wildman–Crippen LogP) is 2.63. The zero-order valence-corrected chi connectivity index (χ0v) is 8.77. The molecule has 2 heterocycles. The van der Waals surface area contributed by atoms with E-state index < -0.39 is 0 Å². The van der Waals surface area contributed by atoms with Gasteiger partial charge in [0.1, 0.15) is 0 Å². The van der Waals surface area contributed by atoms with Gasteiger partial charge in [-0.2, -0.15) is 4.98 Å². The molecule has 5 heteroatoms. The summed E-state index contributed by atoms with van der Waals surface area (Å²) < 4.78 is 5.49. The number of aryl methyl sites for hydroxylation is 1. The van der Waals surface area contributed by atoms with Gasteiger partial charge in [0.25, 0.3) is 0 Å². The summed E-state index contributed by atoms with van der Waals surface area (Å²) in [6.45, 7) is 1.86. The second-order valence-electron chi connectivity index (χ2n) is 2.85. The van der Waals surface area contributed by atoms with Crippen molar-refractivity contribution in [2.75, 3.05) is 0 Å². The van der Waals surface area contributed by atoms with Gasteiger partial charge in [0.15, 0.2) is 5.75 Å². The van der Waals surface area contributed by atoms with Crippen LogP contribution in [0.25, 0.3) is 0 Å². The molecule has 0 fully saturated rings. The van der Waals surface area contributed by atoms with Crippen molar-refractivity contribution in [1.29, 1.82) is 0 Å². The Morgan fingerprint density at radius 2 is 2.07 bits per heavy atom. The fraction of sp³-hybridized carbons (Fsp3) is 0.100. The Labute approximate surface area is 91.9 Å². The number of aromatic nitrogens is 3. The van der Waals surface area contributed by atoms with E-state index in [1.54, 1.807) is 18.3 Å². The van der Waals surface area contributed by atoms with Crippen LogP contribution in [0.4, 0.5) is 0 Å². The van der Waals surface area contributed by atoms with Gasteiger partial charge in [0, 0.05) is 18.5 Å². The van der Waals surface area contributed by atoms with Crippen LogP contribution in [0.15, 0.2) is 30.6 Å². The second-order valence-corrected chi connectivity index (χ2v) is 3.19. The minimum Gasteiger partial charge on any atom is -0.437 e. The fourth-order valence-electron chi connectivity index (χ4n) is 1.07. The molecule has 76 valence electrons. The first-order valence-electron chi connectivity index (χ1n) is 4.34. The van der Waals surface area contributed by atoms with E-state index in [1.807, 2.05) is 13.0 Å². The monoisotopic (exact) mass is 221 g/mol. The van der Waals surface area contributed by atoms with Gasteiger partial charge in [0.2, 0.25) is 11.2 Å². The number of ether oxygens (including phenoxy) is 1. The Balaban J connectivity index is 2.26. The van der Waals surface area contributed by atoms with E-state index in [4.69, 9.17) is 16.3 Å². The van der Waals surface area contributed by atoms with Crippen LogP contribution in [0, 0.1) is 6.92 Å². The highest BCUT2D eigenvalue weighted by atomic mass is 35.5. The van der Waals surface area contributed by atoms with E-state index in [2.05, 4.69) is 15.0 Å². The maximum absolute atomic E-state index is 5.63. The lowest BCUT2D eigenvalue weighted by atomic mass is 10.3. The third kappa shape index (κ3) is 2.41. The first-order valence-corrected chi connectivity index (χ1v) is 4.71. The van der Waals surface area contributed by atoms with Gasteiger partial charge >= 0.3 is 0 Å². The number of halogens is 1. The zero-order chi connectivity index (χ0) is 10.7. The van der Waals surface area contributed by atoms with Gasteiger partial charge in [-0.25, -0.2) is 4.98 Å². The fourth-order valence-corrected chi connectivity index (χ4v) is 1.21. The molecule has 0 N–H and O–H groups in total. The maximum Gasteiger partial charge on any atom is 0.225 e. The van der Waals surface area contributed by atoms with Crippen molar-refractivity contribution in [3.05, 3.63) is 41.6 Å². The summed E-state index contributed by atoms with van der Waals surface area (Å²) in [5.74, 6) is 1.07. The smallest absolute Gasteiger partial charge is 0.225 e. The van der Waals surface area contributed by atoms with Crippen molar-refractivity contribution in [3.63, 3.8) is 0 Å². The van der Waals surface area contributed by atoms with E-state index in [-0.39, 0.29) is 5.28 Å². The molecule has 2 aromatic rings. The van der Waals surface area contributed by atoms with E-state index in [0.717, 1.165) is 5.69 Å². The highest BCUT2D eigenvalue weighted by Gasteiger charge is 2.02. The Bertz CT molecular complexity index is 476. The molecule has 0 atom stereocenters. The third-order valence-electron chi connectivity index (χ3n) is 1.77. The van der Waals surface area contributed by atoms with Gasteiger partial charge in [-0.05, 0) is 30.7 Å². The van der Waals surface area contributed by atoms with Gasteiger partial charge < -0.3 is 4.74 Å². The van der Waals surface area contributed by atoms with Crippen molar-refractivity contribution in [3.8, 4) is 11.6 Å². The van der Waals surface area contributed by atoms with Crippen LogP contribution in [0.2, 0.25) is 5.28 Å². The lowest BCUT2D eigenvalue weighted by molar-refractivity contribution is 0.455. The van der Waals surface area contributed by atoms with Gasteiger partial charge in [-0.15, -0.1) is 0 Å². The first-order chi connectivity index (χ1) is 7.25. The molecule has 0 unspecified atom stereocenters. The number of pyridine rings is 1. The summed E-state index contributed by atoms with van der Waals surface area (Å²) in [5.41, 5.74) is 0.798. The summed E-state index contributed by atoms with van der Waals surface area (Å²) >= 11 is 5.63. The Kier molecular flexibility index (Phi) is 2.78. The summed E-state index contributed by atoms with van der Waals surface area (Å²) in [7, 11) is 0. The molecule has 0 radical (unpaired) electrons. The SMILES string of the molecule is Cc1ncccc1Oc1ccnc(Cl)n1. The minimum atomic E-state index is 0.161. The minimum absolute atomic E-state index is 0.161. The van der Waals surface area contributed by atoms with Crippen LogP contribution in [0.1, 0.15) is 5.69 Å². The van der Waals surface area contributed by atoms with Crippen LogP contribution in [0.3, 0.4) is 0 Å². The predicted molar refractivity (Wildman–Crippen MR) is 56.1 cm³/mol. The topological polar surface area (TPSA) is 47.9 Å². The largest absolute Gasteiger partial charge is 0.437 e. The molecule has 0 bridgehead atoms. The van der Waals surface area contributed by atoms with E-state index in [1.165, 1.54) is 6.20 Å². The number of hydrogen-bond donors (Lipinski definition) is 0. The van der Waals surface area contributed by atoms with Crippen LogP contribution >= 0.6 is 11.6 Å². The van der Waals surface area contributed by atoms with Crippen LogP contribution < -0.4 is 4.74 Å². The standard InChI is InChI=1S/C10H8ClN3O/c1-7-8(3-2-5-12-7)15-9-4-6-13-10(11)14-9/h2-6H,1H3. The molecule has 0 saturated heterocycles. The lowest BCUT2D eigenvalue weighted by Crippen LogP contribution is -1.92. The molecule has 0 saturated carbocycles. The van der Waals surface area contributed by atoms with Crippen LogP contribution in [-0.2, 0) is 0 Å². The second kappa shape index (κ2) is 4.23. The van der Waals surface area contributed by atoms with Gasteiger partial charge in [-0.1, -0.05) is 0 Å². The molecule has 2 rings (SSSR count). The summed E-state index contributed by atoms with van der Waals surface area (Å²) in [6, 6.07) is 5.25. The van der Waals surface area contributed by atoms with Crippen molar-refractivity contribution in [1.82, 2.24) is 15.0 Å². The quantitative estimate of drug-likeness (QED) is 0.732. The molecule has 0 aliphatic carbocycles. The molecule has 0 aromatic carbocycles. The average molecular weight is 222 g/mol. The number of hydrogen-bond acceptors (Lipinski definition) is 4. The first kappa shape index (κ1) is 9.86. The molecule has 0 aliphatic rings. The highest BCUT2D eigenvalue weighted by molar-refractivity contribution is 6.28.